The zero-order valence-corrected chi connectivity index (χ0v) is 9.50. The quantitative estimate of drug-likeness (QED) is 0.874. The number of amides is 1. The summed E-state index contributed by atoms with van der Waals surface area (Å²) in [6.07, 6.45) is 3.72. The van der Waals surface area contributed by atoms with Gasteiger partial charge in [0.25, 0.3) is 5.91 Å². The predicted molar refractivity (Wildman–Crippen MR) is 63.3 cm³/mol. The van der Waals surface area contributed by atoms with Gasteiger partial charge >= 0.3 is 5.97 Å². The summed E-state index contributed by atoms with van der Waals surface area (Å²) in [6, 6.07) is 3.51. The maximum absolute atomic E-state index is 13.6. The molecule has 2 rings (SSSR count). The Hall–Kier alpha value is -2.83. The molecule has 0 aliphatic heterocycles. The summed E-state index contributed by atoms with van der Waals surface area (Å²) in [4.78, 5) is 30.0. The Morgan fingerprint density at radius 3 is 2.53 bits per heavy atom. The number of carboxylic acids is 1. The van der Waals surface area contributed by atoms with Crippen LogP contribution in [0, 0.1) is 5.82 Å². The van der Waals surface area contributed by atoms with Crippen LogP contribution in [0.25, 0.3) is 0 Å². The van der Waals surface area contributed by atoms with Gasteiger partial charge in [-0.15, -0.1) is 0 Å². The van der Waals surface area contributed by atoms with Gasteiger partial charge in [-0.2, -0.15) is 0 Å². The van der Waals surface area contributed by atoms with Crippen molar-refractivity contribution in [3.8, 4) is 0 Å². The molecule has 0 unspecified atom stereocenters. The normalized spacial score (nSPS) is 9.95. The van der Waals surface area contributed by atoms with Crippen molar-refractivity contribution in [3.05, 3.63) is 53.9 Å². The molecule has 1 heterocycles. The van der Waals surface area contributed by atoms with E-state index >= 15 is 0 Å². The first-order valence-electron chi connectivity index (χ1n) is 5.18. The van der Waals surface area contributed by atoms with Gasteiger partial charge in [0.2, 0.25) is 0 Å². The van der Waals surface area contributed by atoms with Gasteiger partial charge in [0, 0.05) is 12.4 Å². The third kappa shape index (κ3) is 2.71. The van der Waals surface area contributed by atoms with Crippen LogP contribution in [0.15, 0.2) is 36.9 Å². The Morgan fingerprint density at radius 2 is 1.89 bits per heavy atom. The first-order valence-corrected chi connectivity index (χ1v) is 5.18. The molecule has 6 nitrogen and oxygen atoms in total. The Balaban J connectivity index is 2.34. The van der Waals surface area contributed by atoms with E-state index in [2.05, 4.69) is 15.3 Å². The van der Waals surface area contributed by atoms with Crippen molar-refractivity contribution in [1.29, 1.82) is 0 Å². The van der Waals surface area contributed by atoms with Crippen LogP contribution in [0.2, 0.25) is 0 Å². The summed E-state index contributed by atoms with van der Waals surface area (Å²) < 4.78 is 13.6. The summed E-state index contributed by atoms with van der Waals surface area (Å²) in [6.45, 7) is 0. The molecule has 0 radical (unpaired) electrons. The maximum Gasteiger partial charge on any atom is 0.337 e. The number of nitrogens with zero attached hydrogens (tertiary/aromatic N) is 2. The molecule has 1 aromatic heterocycles. The fourth-order valence-electron chi connectivity index (χ4n) is 1.43. The van der Waals surface area contributed by atoms with Crippen LogP contribution in [0.5, 0.6) is 0 Å². The van der Waals surface area contributed by atoms with E-state index in [9.17, 15) is 14.0 Å². The van der Waals surface area contributed by atoms with Crippen molar-refractivity contribution < 1.29 is 19.1 Å². The van der Waals surface area contributed by atoms with Crippen LogP contribution < -0.4 is 5.32 Å². The van der Waals surface area contributed by atoms with Crippen LogP contribution in [-0.4, -0.2) is 27.0 Å². The molecular formula is C12H8FN3O3. The number of carbonyl (C=O) groups is 2. The van der Waals surface area contributed by atoms with Crippen LogP contribution in [0.4, 0.5) is 10.1 Å². The molecule has 1 amide bonds. The molecule has 1 aromatic carbocycles. The first-order chi connectivity index (χ1) is 9.09. The van der Waals surface area contributed by atoms with Crippen LogP contribution in [0.1, 0.15) is 20.7 Å². The largest absolute Gasteiger partial charge is 0.478 e. The van der Waals surface area contributed by atoms with E-state index in [4.69, 9.17) is 5.11 Å². The number of rotatable bonds is 3. The number of aromatic nitrogens is 2. The highest BCUT2D eigenvalue weighted by Gasteiger charge is 2.17. The number of hydrogen-bond donors (Lipinski definition) is 2. The van der Waals surface area contributed by atoms with Crippen molar-refractivity contribution in [1.82, 2.24) is 9.97 Å². The Labute approximate surface area is 106 Å². The third-order valence-electron chi connectivity index (χ3n) is 2.31. The van der Waals surface area contributed by atoms with Crippen molar-refractivity contribution in [2.45, 2.75) is 0 Å². The van der Waals surface area contributed by atoms with E-state index < -0.39 is 17.7 Å². The summed E-state index contributed by atoms with van der Waals surface area (Å²) in [5, 5.41) is 11.1. The van der Waals surface area contributed by atoms with Gasteiger partial charge in [-0.25, -0.2) is 19.2 Å². The van der Waals surface area contributed by atoms with E-state index in [-0.39, 0.29) is 16.8 Å². The van der Waals surface area contributed by atoms with E-state index in [1.165, 1.54) is 30.9 Å². The van der Waals surface area contributed by atoms with Gasteiger partial charge in [-0.1, -0.05) is 6.07 Å². The lowest BCUT2D eigenvalue weighted by Gasteiger charge is -2.08. The Bertz CT molecular complexity index is 631. The van der Waals surface area contributed by atoms with E-state index in [1.807, 2.05) is 0 Å². The highest BCUT2D eigenvalue weighted by atomic mass is 19.1. The van der Waals surface area contributed by atoms with Crippen molar-refractivity contribution in [3.63, 3.8) is 0 Å². The predicted octanol–water partition coefficient (Wildman–Crippen LogP) is 1.57. The maximum atomic E-state index is 13.6. The lowest BCUT2D eigenvalue weighted by atomic mass is 10.1. The fraction of sp³-hybridized carbons (Fsp3) is 0. The number of para-hydroxylation sites is 1. The molecule has 2 N–H and O–H groups in total. The average Bonchev–Trinajstić information content (AvgIpc) is 2.41. The molecule has 0 saturated heterocycles. The standard InChI is InChI=1S/C12H8FN3O3/c13-9-3-1-2-8(12(18)19)10(9)16-11(17)7-4-14-6-15-5-7/h1-6H,(H,16,17)(H,18,19). The smallest absolute Gasteiger partial charge is 0.337 e. The van der Waals surface area contributed by atoms with Gasteiger partial charge in [0.15, 0.2) is 0 Å². The summed E-state index contributed by atoms with van der Waals surface area (Å²) in [5.74, 6) is -2.85. The summed E-state index contributed by atoms with van der Waals surface area (Å²) in [5.41, 5.74) is -0.615. The minimum absolute atomic E-state index is 0.0992. The number of carbonyl (C=O) groups excluding carboxylic acids is 1. The molecule has 0 aliphatic rings. The monoisotopic (exact) mass is 261 g/mol. The molecule has 0 saturated carbocycles. The summed E-state index contributed by atoms with van der Waals surface area (Å²) >= 11 is 0. The topological polar surface area (TPSA) is 92.2 Å². The molecule has 7 heteroatoms. The Morgan fingerprint density at radius 1 is 1.21 bits per heavy atom. The first kappa shape index (κ1) is 12.6. The Kier molecular flexibility index (Phi) is 3.46. The molecule has 0 bridgehead atoms. The van der Waals surface area contributed by atoms with E-state index in [1.54, 1.807) is 0 Å². The zero-order chi connectivity index (χ0) is 13.8. The van der Waals surface area contributed by atoms with Crippen molar-refractivity contribution >= 4 is 17.6 Å². The lowest BCUT2D eigenvalue weighted by molar-refractivity contribution is 0.0697. The SMILES string of the molecule is O=C(Nc1c(F)cccc1C(=O)O)c1cncnc1. The average molecular weight is 261 g/mol. The van der Waals surface area contributed by atoms with Crippen molar-refractivity contribution in [2.24, 2.45) is 0 Å². The lowest BCUT2D eigenvalue weighted by Crippen LogP contribution is -2.16. The van der Waals surface area contributed by atoms with E-state index in [0.717, 1.165) is 6.07 Å². The van der Waals surface area contributed by atoms with Gasteiger partial charge < -0.3 is 10.4 Å². The molecule has 0 fully saturated rings. The second-order valence-electron chi connectivity index (χ2n) is 3.55. The number of hydrogen-bond acceptors (Lipinski definition) is 4. The molecule has 19 heavy (non-hydrogen) atoms. The van der Waals surface area contributed by atoms with Gasteiger partial charge in [0.05, 0.1) is 16.8 Å². The number of carboxylic acid groups (broad SMARTS) is 1. The van der Waals surface area contributed by atoms with Crippen LogP contribution in [0.3, 0.4) is 0 Å². The van der Waals surface area contributed by atoms with Crippen LogP contribution in [-0.2, 0) is 0 Å². The molecule has 0 spiro atoms. The second kappa shape index (κ2) is 5.21. The van der Waals surface area contributed by atoms with Crippen LogP contribution >= 0.6 is 0 Å². The minimum atomic E-state index is -1.33. The number of benzene rings is 1. The second-order valence-corrected chi connectivity index (χ2v) is 3.55. The highest BCUT2D eigenvalue weighted by Crippen LogP contribution is 2.20. The van der Waals surface area contributed by atoms with Gasteiger partial charge in [0.1, 0.15) is 12.1 Å². The van der Waals surface area contributed by atoms with Gasteiger partial charge in [-0.05, 0) is 12.1 Å². The number of halogens is 1. The highest BCUT2D eigenvalue weighted by molar-refractivity contribution is 6.07. The fourth-order valence-corrected chi connectivity index (χ4v) is 1.43. The molecular weight excluding hydrogens is 253 g/mol. The number of anilines is 1. The molecule has 96 valence electrons. The van der Waals surface area contributed by atoms with E-state index in [0.29, 0.717) is 0 Å². The number of nitrogens with one attached hydrogen (secondary N) is 1. The minimum Gasteiger partial charge on any atom is -0.478 e. The molecule has 2 aromatic rings. The molecule has 0 atom stereocenters. The van der Waals surface area contributed by atoms with Crippen molar-refractivity contribution in [2.75, 3.05) is 5.32 Å². The zero-order valence-electron chi connectivity index (χ0n) is 9.50. The molecule has 0 aliphatic carbocycles. The third-order valence-corrected chi connectivity index (χ3v) is 2.31. The summed E-state index contributed by atoms with van der Waals surface area (Å²) in [7, 11) is 0. The number of aromatic carboxylic acids is 1. The van der Waals surface area contributed by atoms with Gasteiger partial charge in [-0.3, -0.25) is 4.79 Å².